The summed E-state index contributed by atoms with van der Waals surface area (Å²) in [5.41, 5.74) is 5.95. The first kappa shape index (κ1) is 30.9. The highest BCUT2D eigenvalue weighted by Crippen LogP contribution is 2.38. The summed E-state index contributed by atoms with van der Waals surface area (Å²) in [6.45, 7) is 12.4. The van der Waals surface area contributed by atoms with Gasteiger partial charge < -0.3 is 30.0 Å². The van der Waals surface area contributed by atoms with Gasteiger partial charge in [0.1, 0.15) is 12.4 Å². The first-order valence-electron chi connectivity index (χ1n) is 14.1. The van der Waals surface area contributed by atoms with Crippen molar-refractivity contribution in [2.24, 2.45) is 0 Å². The van der Waals surface area contributed by atoms with Crippen LogP contribution in [0.15, 0.2) is 42.2 Å². The molecule has 0 spiro atoms. The fourth-order valence-electron chi connectivity index (χ4n) is 4.97. The predicted octanol–water partition coefficient (Wildman–Crippen LogP) is 5.64. The van der Waals surface area contributed by atoms with Crippen molar-refractivity contribution in [2.75, 3.05) is 52.3 Å². The molecule has 0 saturated carbocycles. The Hall–Kier alpha value is -3.62. The van der Waals surface area contributed by atoms with Crippen LogP contribution in [0.25, 0.3) is 17.2 Å². The van der Waals surface area contributed by atoms with Gasteiger partial charge in [0, 0.05) is 30.6 Å². The van der Waals surface area contributed by atoms with Crippen LogP contribution in [-0.2, 0) is 14.3 Å². The first-order valence-corrected chi connectivity index (χ1v) is 14.1. The summed E-state index contributed by atoms with van der Waals surface area (Å²) in [7, 11) is 3.23. The lowest BCUT2D eigenvalue weighted by Crippen LogP contribution is -2.31. The molecule has 0 aliphatic carbocycles. The minimum Gasteiger partial charge on any atom is -0.499 e. The van der Waals surface area contributed by atoms with Crippen LogP contribution in [0.4, 0.5) is 5.69 Å². The second kappa shape index (κ2) is 15.2. The second-order valence-electron chi connectivity index (χ2n) is 10.1. The molecule has 216 valence electrons. The molecule has 3 N–H and O–H groups in total. The van der Waals surface area contributed by atoms with Crippen LogP contribution in [0, 0.1) is 6.92 Å². The van der Waals surface area contributed by atoms with Crippen LogP contribution in [-0.4, -0.2) is 68.7 Å². The van der Waals surface area contributed by atoms with Crippen LogP contribution >= 0.6 is 0 Å². The number of H-pyrrole nitrogens is 1. The van der Waals surface area contributed by atoms with E-state index >= 15 is 0 Å². The van der Waals surface area contributed by atoms with E-state index in [0.717, 1.165) is 67.0 Å². The predicted molar refractivity (Wildman–Crippen MR) is 163 cm³/mol. The lowest BCUT2D eigenvalue weighted by Gasteiger charge is -2.20. The van der Waals surface area contributed by atoms with Crippen molar-refractivity contribution < 1.29 is 19.1 Å². The smallest absolute Gasteiger partial charge is 0.256 e. The number of nitrogens with zero attached hydrogens (tertiary/aromatic N) is 1. The van der Waals surface area contributed by atoms with Gasteiger partial charge in [0.15, 0.2) is 0 Å². The molecule has 0 unspecified atom stereocenters. The number of amides is 2. The highest BCUT2D eigenvalue weighted by Gasteiger charge is 2.28. The molecule has 40 heavy (non-hydrogen) atoms. The van der Waals surface area contributed by atoms with E-state index in [1.807, 2.05) is 50.3 Å². The van der Waals surface area contributed by atoms with Crippen LogP contribution in [0.5, 0.6) is 0 Å². The number of hydrogen-bond acceptors (Lipinski definition) is 5. The monoisotopic (exact) mass is 548 g/mol. The Bertz CT molecular complexity index is 1270. The molecule has 8 nitrogen and oxygen atoms in total. The average molecular weight is 549 g/mol. The lowest BCUT2D eigenvalue weighted by atomic mass is 9.94. The number of aromatic nitrogens is 1. The van der Waals surface area contributed by atoms with Gasteiger partial charge in [-0.2, -0.15) is 0 Å². The molecule has 3 rings (SSSR count). The van der Waals surface area contributed by atoms with E-state index in [1.54, 1.807) is 20.3 Å². The third kappa shape index (κ3) is 7.96. The molecule has 0 bridgehead atoms. The number of fused-ring (bicyclic) bond motifs is 1. The Morgan fingerprint density at radius 1 is 1.07 bits per heavy atom. The van der Waals surface area contributed by atoms with E-state index < -0.39 is 0 Å². The van der Waals surface area contributed by atoms with Crippen molar-refractivity contribution in [2.45, 2.75) is 47.0 Å². The zero-order valence-corrected chi connectivity index (χ0v) is 24.8. The minimum absolute atomic E-state index is 0.146. The van der Waals surface area contributed by atoms with Crippen LogP contribution < -0.4 is 10.6 Å². The number of methoxy groups -OCH3 is 2. The van der Waals surface area contributed by atoms with Gasteiger partial charge in [0.25, 0.3) is 11.8 Å². The number of allylic oxidation sites excluding steroid dienone is 3. The highest BCUT2D eigenvalue weighted by molar-refractivity contribution is 6.36. The van der Waals surface area contributed by atoms with E-state index in [4.69, 9.17) is 9.47 Å². The number of carbonyl (C=O) groups is 2. The first-order chi connectivity index (χ1) is 19.3. The van der Waals surface area contributed by atoms with Gasteiger partial charge in [-0.05, 0) is 88.2 Å². The molecule has 1 aliphatic rings. The third-order valence-electron chi connectivity index (χ3n) is 6.85. The SMILES string of the molecule is CCCN(CCC)CCCNC(=O)c1cc(C)[nH]c1/C=C1\C(=O)Nc2cccc(/C(C)=C/C=C(\COC)OC)c21. The maximum absolute atomic E-state index is 13.2. The Morgan fingerprint density at radius 2 is 1.82 bits per heavy atom. The highest BCUT2D eigenvalue weighted by atomic mass is 16.5. The molecule has 0 saturated heterocycles. The van der Waals surface area contributed by atoms with Crippen molar-refractivity contribution in [3.05, 3.63) is 70.3 Å². The normalized spacial score (nSPS) is 14.6. The molecule has 8 heteroatoms. The van der Waals surface area contributed by atoms with E-state index in [-0.39, 0.29) is 11.8 Å². The van der Waals surface area contributed by atoms with Crippen molar-refractivity contribution >= 4 is 34.7 Å². The van der Waals surface area contributed by atoms with Gasteiger partial charge >= 0.3 is 0 Å². The van der Waals surface area contributed by atoms with Gasteiger partial charge in [-0.25, -0.2) is 0 Å². The van der Waals surface area contributed by atoms with Crippen LogP contribution in [0.3, 0.4) is 0 Å². The van der Waals surface area contributed by atoms with Gasteiger partial charge in [0.05, 0.1) is 23.9 Å². The van der Waals surface area contributed by atoms with Crippen LogP contribution in [0.2, 0.25) is 0 Å². The Morgan fingerprint density at radius 3 is 2.50 bits per heavy atom. The van der Waals surface area contributed by atoms with Gasteiger partial charge in [-0.15, -0.1) is 0 Å². The molecule has 1 aromatic carbocycles. The molecule has 2 amide bonds. The number of ether oxygens (including phenoxy) is 2. The fraction of sp³-hybridized carbons (Fsp3) is 0.438. The maximum atomic E-state index is 13.2. The number of benzene rings is 1. The largest absolute Gasteiger partial charge is 0.499 e. The van der Waals surface area contributed by atoms with Crippen molar-refractivity contribution in [3.8, 4) is 0 Å². The van der Waals surface area contributed by atoms with Crippen LogP contribution in [0.1, 0.15) is 72.9 Å². The Kier molecular flexibility index (Phi) is 11.8. The van der Waals surface area contributed by atoms with E-state index in [2.05, 4.69) is 34.4 Å². The van der Waals surface area contributed by atoms with Gasteiger partial charge in [-0.1, -0.05) is 32.1 Å². The number of aromatic amines is 1. The average Bonchev–Trinajstić information content (AvgIpc) is 3.47. The molecule has 1 aliphatic heterocycles. The summed E-state index contributed by atoms with van der Waals surface area (Å²) in [5, 5.41) is 6.04. The number of rotatable bonds is 15. The zero-order chi connectivity index (χ0) is 29.1. The van der Waals surface area contributed by atoms with Crippen molar-refractivity contribution in [1.82, 2.24) is 15.2 Å². The number of nitrogens with one attached hydrogen (secondary N) is 3. The summed E-state index contributed by atoms with van der Waals surface area (Å²) in [4.78, 5) is 32.0. The molecule has 0 fully saturated rings. The summed E-state index contributed by atoms with van der Waals surface area (Å²) < 4.78 is 10.5. The van der Waals surface area contributed by atoms with Gasteiger partial charge in [0.2, 0.25) is 0 Å². The van der Waals surface area contributed by atoms with E-state index in [0.29, 0.717) is 35.7 Å². The van der Waals surface area contributed by atoms with Gasteiger partial charge in [-0.3, -0.25) is 9.59 Å². The Labute approximate surface area is 238 Å². The molecular weight excluding hydrogens is 504 g/mol. The zero-order valence-electron chi connectivity index (χ0n) is 24.8. The molecule has 2 aromatic rings. The standard InChI is InChI=1S/C32H44N4O4/c1-7-16-36(17-8-2)18-10-15-33-31(37)26-19-23(4)34-29(26)20-27-30-25(11-9-12-28(30)35-32(27)38)22(3)13-14-24(40-6)21-39-5/h9,11-14,19-20,34H,7-8,10,15-18,21H2,1-6H3,(H,33,37)(H,35,38)/b22-13+,24-14+,27-20-. The van der Waals surface area contributed by atoms with E-state index in [9.17, 15) is 9.59 Å². The topological polar surface area (TPSA) is 95.7 Å². The molecule has 0 atom stereocenters. The third-order valence-corrected chi connectivity index (χ3v) is 6.85. The number of carbonyl (C=O) groups excluding carboxylic acids is 2. The summed E-state index contributed by atoms with van der Waals surface area (Å²) in [6, 6.07) is 7.63. The number of aryl methyl sites for hydroxylation is 1. The fourth-order valence-corrected chi connectivity index (χ4v) is 4.97. The lowest BCUT2D eigenvalue weighted by molar-refractivity contribution is -0.110. The van der Waals surface area contributed by atoms with Crippen molar-refractivity contribution in [3.63, 3.8) is 0 Å². The number of anilines is 1. The molecular formula is C32H44N4O4. The molecule has 2 heterocycles. The van der Waals surface area contributed by atoms with Crippen molar-refractivity contribution in [1.29, 1.82) is 0 Å². The summed E-state index contributed by atoms with van der Waals surface area (Å²) in [5.74, 6) is 0.348. The summed E-state index contributed by atoms with van der Waals surface area (Å²) >= 11 is 0. The maximum Gasteiger partial charge on any atom is 0.256 e. The molecule has 1 aromatic heterocycles. The summed E-state index contributed by atoms with van der Waals surface area (Å²) in [6.07, 6.45) is 8.74. The second-order valence-corrected chi connectivity index (χ2v) is 10.1. The van der Waals surface area contributed by atoms with E-state index in [1.165, 1.54) is 0 Å². The minimum atomic E-state index is -0.201. The number of hydrogen-bond donors (Lipinski definition) is 3. The quantitative estimate of drug-likeness (QED) is 0.116. The Balaban J connectivity index is 1.85. The molecule has 0 radical (unpaired) electrons.